The fourth-order valence-corrected chi connectivity index (χ4v) is 3.79. The number of nitrogens with one attached hydrogen (secondary N) is 2. The van der Waals surface area contributed by atoms with Crippen LogP contribution < -0.4 is 11.2 Å². The Labute approximate surface area is 145 Å². The standard InChI is InChI=1S/C17H24N4O4/c1-20-7-4-17(3-2-13(20)22)5-8-21(9-6-17)14(23)10-12-11-18-16(25)19-15(12)24/h11H,2-10H2,1H3,(H2,18,19,24,25). The van der Waals surface area contributed by atoms with E-state index in [1.54, 1.807) is 9.80 Å². The zero-order valence-corrected chi connectivity index (χ0v) is 14.5. The molecule has 2 saturated heterocycles. The van der Waals surface area contributed by atoms with Crippen LogP contribution >= 0.6 is 0 Å². The Morgan fingerprint density at radius 1 is 1.12 bits per heavy atom. The second-order valence-electron chi connectivity index (χ2n) is 7.22. The van der Waals surface area contributed by atoms with Crippen molar-refractivity contribution in [2.24, 2.45) is 5.41 Å². The number of aromatic amines is 2. The number of rotatable bonds is 2. The van der Waals surface area contributed by atoms with Crippen molar-refractivity contribution in [1.29, 1.82) is 0 Å². The number of hydrogen-bond acceptors (Lipinski definition) is 4. The predicted molar refractivity (Wildman–Crippen MR) is 91.1 cm³/mol. The summed E-state index contributed by atoms with van der Waals surface area (Å²) < 4.78 is 0. The Morgan fingerprint density at radius 3 is 2.48 bits per heavy atom. The van der Waals surface area contributed by atoms with E-state index in [4.69, 9.17) is 0 Å². The van der Waals surface area contributed by atoms with Crippen molar-refractivity contribution in [1.82, 2.24) is 19.8 Å². The molecule has 8 nitrogen and oxygen atoms in total. The third-order valence-electron chi connectivity index (χ3n) is 5.69. The number of amides is 2. The Balaban J connectivity index is 1.60. The van der Waals surface area contributed by atoms with E-state index < -0.39 is 11.2 Å². The van der Waals surface area contributed by atoms with Gasteiger partial charge in [0.25, 0.3) is 5.56 Å². The normalized spacial score (nSPS) is 20.6. The monoisotopic (exact) mass is 348 g/mol. The van der Waals surface area contributed by atoms with Crippen molar-refractivity contribution < 1.29 is 9.59 Å². The minimum absolute atomic E-state index is 0.0136. The molecule has 3 heterocycles. The van der Waals surface area contributed by atoms with Gasteiger partial charge in [-0.15, -0.1) is 0 Å². The van der Waals surface area contributed by atoms with Gasteiger partial charge in [0.2, 0.25) is 11.8 Å². The van der Waals surface area contributed by atoms with Gasteiger partial charge in [-0.1, -0.05) is 0 Å². The van der Waals surface area contributed by atoms with Gasteiger partial charge in [-0.3, -0.25) is 19.4 Å². The van der Waals surface area contributed by atoms with Crippen molar-refractivity contribution in [3.05, 3.63) is 32.6 Å². The maximum absolute atomic E-state index is 12.5. The predicted octanol–water partition coefficient (Wildman–Crippen LogP) is -0.143. The first-order valence-electron chi connectivity index (χ1n) is 8.71. The molecule has 1 spiro atoms. The van der Waals surface area contributed by atoms with Gasteiger partial charge in [0.1, 0.15) is 0 Å². The average molecular weight is 348 g/mol. The minimum atomic E-state index is -0.575. The van der Waals surface area contributed by atoms with Gasteiger partial charge < -0.3 is 14.8 Å². The topological polar surface area (TPSA) is 106 Å². The van der Waals surface area contributed by atoms with E-state index in [0.717, 1.165) is 32.2 Å². The van der Waals surface area contributed by atoms with E-state index in [9.17, 15) is 19.2 Å². The molecule has 0 aromatic carbocycles. The van der Waals surface area contributed by atoms with Gasteiger partial charge >= 0.3 is 5.69 Å². The van der Waals surface area contributed by atoms with Crippen LogP contribution in [0.2, 0.25) is 0 Å². The molecule has 2 amide bonds. The van der Waals surface area contributed by atoms with Gasteiger partial charge in [-0.05, 0) is 31.1 Å². The van der Waals surface area contributed by atoms with Crippen LogP contribution in [0.5, 0.6) is 0 Å². The molecule has 0 atom stereocenters. The van der Waals surface area contributed by atoms with Crippen LogP contribution in [0.1, 0.15) is 37.7 Å². The van der Waals surface area contributed by atoms with Gasteiger partial charge in [0.05, 0.1) is 6.42 Å². The van der Waals surface area contributed by atoms with Crippen LogP contribution in [0, 0.1) is 5.41 Å². The summed E-state index contributed by atoms with van der Waals surface area (Å²) in [4.78, 5) is 55.2. The lowest BCUT2D eigenvalue weighted by molar-refractivity contribution is -0.133. The molecule has 0 bridgehead atoms. The SMILES string of the molecule is CN1CCC2(CCC1=O)CCN(C(=O)Cc1c[nH]c(=O)[nH]c1=O)CC2. The summed E-state index contributed by atoms with van der Waals surface area (Å²) in [5.74, 6) is 0.0990. The molecule has 0 aliphatic carbocycles. The summed E-state index contributed by atoms with van der Waals surface area (Å²) in [6.45, 7) is 2.08. The van der Waals surface area contributed by atoms with E-state index >= 15 is 0 Å². The highest BCUT2D eigenvalue weighted by Crippen LogP contribution is 2.41. The second kappa shape index (κ2) is 6.85. The fraction of sp³-hybridized carbons (Fsp3) is 0.647. The second-order valence-corrected chi connectivity index (χ2v) is 7.22. The number of nitrogens with zero attached hydrogens (tertiary/aromatic N) is 2. The summed E-state index contributed by atoms with van der Waals surface area (Å²) in [5, 5.41) is 0. The van der Waals surface area contributed by atoms with Crippen molar-refractivity contribution in [3.8, 4) is 0 Å². The van der Waals surface area contributed by atoms with Gasteiger partial charge in [-0.25, -0.2) is 4.79 Å². The van der Waals surface area contributed by atoms with Crippen molar-refractivity contribution in [2.75, 3.05) is 26.7 Å². The zero-order valence-electron chi connectivity index (χ0n) is 14.5. The molecular weight excluding hydrogens is 324 g/mol. The van der Waals surface area contributed by atoms with Gasteiger partial charge in [0.15, 0.2) is 0 Å². The fourth-order valence-electron chi connectivity index (χ4n) is 3.79. The average Bonchev–Trinajstić information content (AvgIpc) is 2.72. The first kappa shape index (κ1) is 17.4. The van der Waals surface area contributed by atoms with Crippen LogP contribution in [-0.4, -0.2) is 58.3 Å². The van der Waals surface area contributed by atoms with Crippen LogP contribution in [0.4, 0.5) is 0 Å². The summed E-state index contributed by atoms with van der Waals surface area (Å²) in [6, 6.07) is 0. The zero-order chi connectivity index (χ0) is 18.0. The van der Waals surface area contributed by atoms with E-state index in [1.807, 2.05) is 7.05 Å². The summed E-state index contributed by atoms with van der Waals surface area (Å²) in [6.07, 6.45) is 5.52. The van der Waals surface area contributed by atoms with E-state index in [2.05, 4.69) is 9.97 Å². The minimum Gasteiger partial charge on any atom is -0.346 e. The van der Waals surface area contributed by atoms with Crippen LogP contribution in [0.3, 0.4) is 0 Å². The highest BCUT2D eigenvalue weighted by atomic mass is 16.2. The van der Waals surface area contributed by atoms with E-state index in [1.165, 1.54) is 6.20 Å². The van der Waals surface area contributed by atoms with Crippen molar-refractivity contribution in [2.45, 2.75) is 38.5 Å². The number of hydrogen-bond donors (Lipinski definition) is 2. The van der Waals surface area contributed by atoms with Crippen molar-refractivity contribution in [3.63, 3.8) is 0 Å². The van der Waals surface area contributed by atoms with Crippen LogP contribution in [-0.2, 0) is 16.0 Å². The molecule has 1 aromatic rings. The molecule has 8 heteroatoms. The Morgan fingerprint density at radius 2 is 1.80 bits per heavy atom. The highest BCUT2D eigenvalue weighted by Gasteiger charge is 2.38. The smallest absolute Gasteiger partial charge is 0.325 e. The number of likely N-dealkylation sites (tertiary alicyclic amines) is 2. The molecular formula is C17H24N4O4. The maximum atomic E-state index is 12.5. The molecule has 2 N–H and O–H groups in total. The Kier molecular flexibility index (Phi) is 4.78. The summed E-state index contributed by atoms with van der Waals surface area (Å²) in [5.41, 5.74) is -0.677. The van der Waals surface area contributed by atoms with Crippen LogP contribution in [0.15, 0.2) is 15.8 Å². The quantitative estimate of drug-likeness (QED) is 0.775. The number of carbonyl (C=O) groups excluding carboxylic acids is 2. The van der Waals surface area contributed by atoms with Crippen molar-refractivity contribution >= 4 is 11.8 Å². The molecule has 25 heavy (non-hydrogen) atoms. The highest BCUT2D eigenvalue weighted by molar-refractivity contribution is 5.78. The third kappa shape index (κ3) is 3.83. The Hall–Kier alpha value is -2.38. The molecule has 0 unspecified atom stereocenters. The molecule has 3 rings (SSSR count). The summed E-state index contributed by atoms with van der Waals surface area (Å²) >= 11 is 0. The molecule has 0 radical (unpaired) electrons. The largest absolute Gasteiger partial charge is 0.346 e. The lowest BCUT2D eigenvalue weighted by Crippen LogP contribution is -2.44. The number of aromatic nitrogens is 2. The van der Waals surface area contributed by atoms with Gasteiger partial charge in [-0.2, -0.15) is 0 Å². The Bertz CT molecular complexity index is 773. The first-order valence-corrected chi connectivity index (χ1v) is 8.71. The lowest BCUT2D eigenvalue weighted by atomic mass is 9.73. The molecule has 0 saturated carbocycles. The van der Waals surface area contributed by atoms with Crippen LogP contribution in [0.25, 0.3) is 0 Å². The van der Waals surface area contributed by atoms with E-state index in [-0.39, 0.29) is 29.2 Å². The molecule has 2 aliphatic rings. The molecule has 2 fully saturated rings. The first-order chi connectivity index (χ1) is 11.9. The number of H-pyrrole nitrogens is 2. The number of piperidine rings is 1. The van der Waals surface area contributed by atoms with Gasteiger partial charge in [0, 0.05) is 44.9 Å². The summed E-state index contributed by atoms with van der Waals surface area (Å²) in [7, 11) is 1.85. The third-order valence-corrected chi connectivity index (χ3v) is 5.69. The number of carbonyl (C=O) groups is 2. The molecule has 2 aliphatic heterocycles. The van der Waals surface area contributed by atoms with E-state index in [0.29, 0.717) is 19.5 Å². The molecule has 1 aromatic heterocycles. The lowest BCUT2D eigenvalue weighted by Gasteiger charge is -2.41. The molecule has 136 valence electrons. The maximum Gasteiger partial charge on any atom is 0.325 e.